The number of amides is 2. The molecule has 9 nitrogen and oxygen atoms in total. The van der Waals surface area contributed by atoms with Gasteiger partial charge in [-0.3, -0.25) is 9.59 Å². The standard InChI is InChI=1S/C19H19FN4O.C9H10N2O2/c20-14-8-6-12(7-9-14)15-10-22-19-16(18(21)25)11-23-24(19)17(15)13-4-2-1-3-5-13;10-9(12)6-3-7-1-4-8(11-13)5-2-7/h6-11,13H,1-5H2,(H2,21,25);1-2,4-5H,3,6H2,(H2,10,12). The Labute approximate surface area is 219 Å². The predicted molar refractivity (Wildman–Crippen MR) is 142 cm³/mol. The third kappa shape index (κ3) is 6.26. The first-order valence-electron chi connectivity index (χ1n) is 12.5. The van der Waals surface area contributed by atoms with Crippen molar-refractivity contribution in [3.8, 4) is 11.1 Å². The van der Waals surface area contributed by atoms with E-state index in [-0.39, 0.29) is 11.7 Å². The number of nitroso groups, excluding NO2 is 1. The van der Waals surface area contributed by atoms with Crippen molar-refractivity contribution < 1.29 is 14.0 Å². The average molecular weight is 517 g/mol. The monoisotopic (exact) mass is 516 g/mol. The molecule has 5 rings (SSSR count). The van der Waals surface area contributed by atoms with Crippen LogP contribution in [0.3, 0.4) is 0 Å². The number of fused-ring (bicyclic) bond motifs is 1. The molecular weight excluding hydrogens is 487 g/mol. The molecule has 0 spiro atoms. The van der Waals surface area contributed by atoms with Crippen LogP contribution >= 0.6 is 0 Å². The van der Waals surface area contributed by atoms with Gasteiger partial charge in [0.15, 0.2) is 5.65 Å². The predicted octanol–water partition coefficient (Wildman–Crippen LogP) is 5.18. The van der Waals surface area contributed by atoms with E-state index >= 15 is 0 Å². The SMILES string of the molecule is NC(=O)CCc1ccc(N=O)cc1.NC(=O)c1cnn2c(C3CCCCC3)c(-c3ccc(F)cc3)cnc12. The minimum Gasteiger partial charge on any atom is -0.370 e. The minimum absolute atomic E-state index is 0.271. The molecule has 196 valence electrons. The van der Waals surface area contributed by atoms with Gasteiger partial charge in [0, 0.05) is 24.1 Å². The topological polar surface area (TPSA) is 146 Å². The highest BCUT2D eigenvalue weighted by molar-refractivity contribution is 5.98. The van der Waals surface area contributed by atoms with Crippen LogP contribution in [-0.2, 0) is 11.2 Å². The number of aryl methyl sites for hydroxylation is 1. The van der Waals surface area contributed by atoms with Crippen LogP contribution in [0, 0.1) is 10.7 Å². The lowest BCUT2D eigenvalue weighted by Crippen LogP contribution is -2.14. The Kier molecular flexibility index (Phi) is 8.52. The quantitative estimate of drug-likeness (QED) is 0.325. The second-order valence-electron chi connectivity index (χ2n) is 9.28. The molecular formula is C28H29FN6O3. The van der Waals surface area contributed by atoms with Crippen LogP contribution in [0.1, 0.15) is 66.1 Å². The van der Waals surface area contributed by atoms with Gasteiger partial charge in [-0.2, -0.15) is 5.10 Å². The van der Waals surface area contributed by atoms with Crippen molar-refractivity contribution in [2.24, 2.45) is 16.6 Å². The van der Waals surface area contributed by atoms with Crippen LogP contribution in [0.25, 0.3) is 16.8 Å². The fraction of sp³-hybridized carbons (Fsp3) is 0.286. The van der Waals surface area contributed by atoms with Crippen molar-refractivity contribution in [2.45, 2.75) is 50.9 Å². The molecule has 1 fully saturated rings. The van der Waals surface area contributed by atoms with Gasteiger partial charge in [0.1, 0.15) is 17.1 Å². The van der Waals surface area contributed by atoms with Crippen LogP contribution in [0.4, 0.5) is 10.1 Å². The van der Waals surface area contributed by atoms with E-state index in [2.05, 4.69) is 15.3 Å². The lowest BCUT2D eigenvalue weighted by Gasteiger charge is -2.24. The summed E-state index contributed by atoms with van der Waals surface area (Å²) in [5.74, 6) is -0.795. The van der Waals surface area contributed by atoms with E-state index in [9.17, 15) is 18.9 Å². The molecule has 0 saturated heterocycles. The van der Waals surface area contributed by atoms with Crippen molar-refractivity contribution in [3.05, 3.63) is 88.5 Å². The van der Waals surface area contributed by atoms with Crippen LogP contribution in [0.15, 0.2) is 66.1 Å². The molecule has 0 atom stereocenters. The minimum atomic E-state index is -0.536. The van der Waals surface area contributed by atoms with Crippen molar-refractivity contribution >= 4 is 23.1 Å². The number of aromatic nitrogens is 3. The smallest absolute Gasteiger partial charge is 0.254 e. The molecule has 0 aliphatic heterocycles. The second kappa shape index (κ2) is 12.2. The van der Waals surface area contributed by atoms with Gasteiger partial charge in [-0.25, -0.2) is 13.9 Å². The molecule has 1 aliphatic carbocycles. The molecule has 4 N–H and O–H groups in total. The third-order valence-electron chi connectivity index (χ3n) is 6.68. The number of carbonyl (C=O) groups excluding carboxylic acids is 2. The summed E-state index contributed by atoms with van der Waals surface area (Å²) in [5.41, 5.74) is 15.5. The van der Waals surface area contributed by atoms with Gasteiger partial charge >= 0.3 is 0 Å². The molecule has 38 heavy (non-hydrogen) atoms. The summed E-state index contributed by atoms with van der Waals surface area (Å²) in [7, 11) is 0. The number of nitrogens with zero attached hydrogens (tertiary/aromatic N) is 4. The summed E-state index contributed by atoms with van der Waals surface area (Å²) < 4.78 is 15.1. The Balaban J connectivity index is 0.000000219. The van der Waals surface area contributed by atoms with E-state index in [1.165, 1.54) is 37.6 Å². The number of nitrogens with two attached hydrogens (primary N) is 2. The van der Waals surface area contributed by atoms with Gasteiger partial charge in [-0.1, -0.05) is 43.5 Å². The maximum Gasteiger partial charge on any atom is 0.254 e. The molecule has 2 aromatic carbocycles. The van der Waals surface area contributed by atoms with Gasteiger partial charge in [0.25, 0.3) is 5.91 Å². The van der Waals surface area contributed by atoms with Gasteiger partial charge in [-0.15, -0.1) is 4.91 Å². The van der Waals surface area contributed by atoms with E-state index < -0.39 is 5.91 Å². The van der Waals surface area contributed by atoms with Crippen LogP contribution in [-0.4, -0.2) is 26.4 Å². The fourth-order valence-corrected chi connectivity index (χ4v) is 4.73. The number of hydrogen-bond donors (Lipinski definition) is 2. The van der Waals surface area contributed by atoms with Gasteiger partial charge < -0.3 is 11.5 Å². The van der Waals surface area contributed by atoms with E-state index in [0.717, 1.165) is 35.2 Å². The highest BCUT2D eigenvalue weighted by Gasteiger charge is 2.25. The summed E-state index contributed by atoms with van der Waals surface area (Å²) in [6, 6.07) is 13.2. The normalized spacial score (nSPS) is 13.5. The zero-order chi connectivity index (χ0) is 27.1. The molecule has 2 heterocycles. The Morgan fingerprint density at radius 1 is 0.974 bits per heavy atom. The lowest BCUT2D eigenvalue weighted by molar-refractivity contribution is -0.117. The molecule has 2 amide bonds. The average Bonchev–Trinajstić information content (AvgIpc) is 3.38. The number of primary amides is 2. The molecule has 2 aromatic heterocycles. The molecule has 1 saturated carbocycles. The Bertz CT molecular complexity index is 1430. The summed E-state index contributed by atoms with van der Waals surface area (Å²) in [6.07, 6.45) is 9.87. The van der Waals surface area contributed by atoms with Crippen LogP contribution < -0.4 is 11.5 Å². The van der Waals surface area contributed by atoms with Crippen molar-refractivity contribution in [3.63, 3.8) is 0 Å². The number of rotatable bonds is 7. The number of hydrogen-bond acceptors (Lipinski definition) is 6. The molecule has 10 heteroatoms. The van der Waals surface area contributed by atoms with Crippen molar-refractivity contribution in [1.82, 2.24) is 14.6 Å². The number of carbonyl (C=O) groups is 2. The van der Waals surface area contributed by atoms with E-state index in [1.54, 1.807) is 47.1 Å². The Hall–Kier alpha value is -4.47. The molecule has 1 aliphatic rings. The zero-order valence-corrected chi connectivity index (χ0v) is 20.8. The maximum atomic E-state index is 13.3. The summed E-state index contributed by atoms with van der Waals surface area (Å²) in [4.78, 5) is 36.6. The van der Waals surface area contributed by atoms with Gasteiger partial charge in [0.05, 0.1) is 11.9 Å². The summed E-state index contributed by atoms with van der Waals surface area (Å²) in [5, 5.41) is 7.16. The van der Waals surface area contributed by atoms with Crippen LogP contribution in [0.5, 0.6) is 0 Å². The zero-order valence-electron chi connectivity index (χ0n) is 20.8. The number of benzene rings is 2. The van der Waals surface area contributed by atoms with E-state index in [4.69, 9.17) is 11.5 Å². The lowest BCUT2D eigenvalue weighted by atomic mass is 9.84. The maximum absolute atomic E-state index is 13.3. The molecule has 0 unspecified atom stereocenters. The first-order valence-corrected chi connectivity index (χ1v) is 12.5. The highest BCUT2D eigenvalue weighted by atomic mass is 19.1. The molecule has 0 bridgehead atoms. The van der Waals surface area contributed by atoms with Gasteiger partial charge in [-0.05, 0) is 59.8 Å². The first-order chi connectivity index (χ1) is 18.4. The highest BCUT2D eigenvalue weighted by Crippen LogP contribution is 2.38. The second-order valence-corrected chi connectivity index (χ2v) is 9.28. The van der Waals surface area contributed by atoms with Crippen molar-refractivity contribution in [1.29, 1.82) is 0 Å². The number of halogens is 1. The Morgan fingerprint density at radius 3 is 2.26 bits per heavy atom. The van der Waals surface area contributed by atoms with E-state index in [1.807, 2.05) is 0 Å². The molecule has 0 radical (unpaired) electrons. The Morgan fingerprint density at radius 2 is 1.66 bits per heavy atom. The largest absolute Gasteiger partial charge is 0.370 e. The molecule has 4 aromatic rings. The summed E-state index contributed by atoms with van der Waals surface area (Å²) >= 11 is 0. The third-order valence-corrected chi connectivity index (χ3v) is 6.68. The fourth-order valence-electron chi connectivity index (χ4n) is 4.73. The van der Waals surface area contributed by atoms with E-state index in [0.29, 0.717) is 35.7 Å². The van der Waals surface area contributed by atoms with Crippen LogP contribution in [0.2, 0.25) is 0 Å². The van der Waals surface area contributed by atoms with Gasteiger partial charge in [0.2, 0.25) is 5.91 Å². The summed E-state index contributed by atoms with van der Waals surface area (Å²) in [6.45, 7) is 0. The first kappa shape index (κ1) is 26.6. The van der Waals surface area contributed by atoms with Crippen molar-refractivity contribution in [2.75, 3.05) is 0 Å².